The number of carbonyl (C=O) groups excluding carboxylic acids is 1. The smallest absolute Gasteiger partial charge is 0.250 e. The third-order valence-electron chi connectivity index (χ3n) is 3.43. The number of amides is 1. The molecule has 0 heterocycles. The largest absolute Gasteiger partial charge is 0.497 e. The first kappa shape index (κ1) is 17.7. The van der Waals surface area contributed by atoms with Gasteiger partial charge in [0.1, 0.15) is 5.75 Å². The fourth-order valence-corrected chi connectivity index (χ4v) is 2.38. The van der Waals surface area contributed by atoms with E-state index in [2.05, 4.69) is 10.6 Å². The molecule has 1 amide bonds. The molecule has 2 rings (SSSR count). The number of hydrogen-bond donors (Lipinski definition) is 2. The van der Waals surface area contributed by atoms with Crippen LogP contribution in [0.4, 0.5) is 0 Å². The van der Waals surface area contributed by atoms with Crippen molar-refractivity contribution in [3.8, 4) is 5.75 Å². The summed E-state index contributed by atoms with van der Waals surface area (Å²) in [5.74, 6) is 0.500. The molecule has 0 aromatic heterocycles. The Bertz CT molecular complexity index is 712. The van der Waals surface area contributed by atoms with Gasteiger partial charge in [-0.3, -0.25) is 10.1 Å². The second-order valence-corrected chi connectivity index (χ2v) is 5.61. The van der Waals surface area contributed by atoms with E-state index in [0.29, 0.717) is 5.11 Å². The van der Waals surface area contributed by atoms with Crippen LogP contribution in [-0.2, 0) is 4.79 Å². The molecule has 0 spiro atoms. The van der Waals surface area contributed by atoms with E-state index in [1.807, 2.05) is 61.5 Å². The molecule has 1 unspecified atom stereocenters. The number of methoxy groups -OCH3 is 1. The number of benzene rings is 2. The first-order valence-electron chi connectivity index (χ1n) is 7.57. The van der Waals surface area contributed by atoms with Gasteiger partial charge in [0.15, 0.2) is 5.11 Å². The summed E-state index contributed by atoms with van der Waals surface area (Å²) < 4.78 is 5.09. The molecular weight excluding hydrogens is 320 g/mol. The predicted molar refractivity (Wildman–Crippen MR) is 101 cm³/mol. The molecule has 2 aromatic rings. The Balaban J connectivity index is 1.84. The number of nitrogens with one attached hydrogen (secondary N) is 2. The average molecular weight is 340 g/mol. The van der Waals surface area contributed by atoms with Crippen LogP contribution in [0.3, 0.4) is 0 Å². The second-order valence-electron chi connectivity index (χ2n) is 5.20. The lowest BCUT2D eigenvalue weighted by atomic mass is 10.1. The summed E-state index contributed by atoms with van der Waals surface area (Å²) in [5.41, 5.74) is 2.00. The molecule has 124 valence electrons. The van der Waals surface area contributed by atoms with Crippen molar-refractivity contribution in [3.05, 3.63) is 71.8 Å². The molecule has 0 aliphatic carbocycles. The van der Waals surface area contributed by atoms with E-state index in [4.69, 9.17) is 17.0 Å². The number of rotatable bonds is 5. The minimum Gasteiger partial charge on any atom is -0.497 e. The molecule has 0 bridgehead atoms. The normalized spacial score (nSPS) is 11.8. The summed E-state index contributed by atoms with van der Waals surface area (Å²) in [6, 6.07) is 17.3. The fourth-order valence-electron chi connectivity index (χ4n) is 2.10. The zero-order valence-corrected chi connectivity index (χ0v) is 14.5. The third kappa shape index (κ3) is 5.52. The molecule has 0 aliphatic heterocycles. The molecule has 0 saturated carbocycles. The van der Waals surface area contributed by atoms with Crippen LogP contribution in [0.15, 0.2) is 60.7 Å². The van der Waals surface area contributed by atoms with Crippen molar-refractivity contribution in [2.75, 3.05) is 7.11 Å². The van der Waals surface area contributed by atoms with Crippen LogP contribution >= 0.6 is 12.2 Å². The van der Waals surface area contributed by atoms with Crippen LogP contribution in [0.5, 0.6) is 5.75 Å². The minimum absolute atomic E-state index is 0.0181. The van der Waals surface area contributed by atoms with Gasteiger partial charge in [-0.2, -0.15) is 0 Å². The highest BCUT2D eigenvalue weighted by atomic mass is 32.1. The van der Waals surface area contributed by atoms with Gasteiger partial charge >= 0.3 is 0 Å². The first-order chi connectivity index (χ1) is 11.6. The van der Waals surface area contributed by atoms with Gasteiger partial charge in [0.05, 0.1) is 13.2 Å². The van der Waals surface area contributed by atoms with Crippen LogP contribution in [0.2, 0.25) is 0 Å². The Kier molecular flexibility index (Phi) is 6.51. The van der Waals surface area contributed by atoms with Crippen LogP contribution in [-0.4, -0.2) is 18.1 Å². The highest BCUT2D eigenvalue weighted by molar-refractivity contribution is 7.80. The van der Waals surface area contributed by atoms with E-state index >= 15 is 0 Å². The molecule has 0 fully saturated rings. The van der Waals surface area contributed by atoms with E-state index in [-0.39, 0.29) is 11.9 Å². The Morgan fingerprint density at radius 2 is 1.79 bits per heavy atom. The lowest BCUT2D eigenvalue weighted by molar-refractivity contribution is -0.115. The Morgan fingerprint density at radius 1 is 1.12 bits per heavy atom. The Morgan fingerprint density at radius 3 is 2.42 bits per heavy atom. The highest BCUT2D eigenvalue weighted by Crippen LogP contribution is 2.12. The highest BCUT2D eigenvalue weighted by Gasteiger charge is 2.07. The molecular formula is C19H20N2O2S. The monoisotopic (exact) mass is 340 g/mol. The van der Waals surface area contributed by atoms with E-state index in [0.717, 1.165) is 16.9 Å². The first-order valence-corrected chi connectivity index (χ1v) is 7.98. The summed E-state index contributed by atoms with van der Waals surface area (Å²) in [6.07, 6.45) is 3.17. The second kappa shape index (κ2) is 8.84. The van der Waals surface area contributed by atoms with Gasteiger partial charge in [-0.15, -0.1) is 0 Å². The average Bonchev–Trinajstić information content (AvgIpc) is 2.61. The predicted octanol–water partition coefficient (Wildman–Crippen LogP) is 3.46. The van der Waals surface area contributed by atoms with Crippen molar-refractivity contribution >= 4 is 29.3 Å². The zero-order chi connectivity index (χ0) is 17.4. The van der Waals surface area contributed by atoms with Gasteiger partial charge in [-0.25, -0.2) is 0 Å². The van der Waals surface area contributed by atoms with Crippen molar-refractivity contribution < 1.29 is 9.53 Å². The molecule has 2 aromatic carbocycles. The zero-order valence-electron chi connectivity index (χ0n) is 13.7. The topological polar surface area (TPSA) is 50.4 Å². The molecule has 1 atom stereocenters. The molecule has 0 aliphatic rings. The number of carbonyl (C=O) groups is 1. The third-order valence-corrected chi connectivity index (χ3v) is 3.65. The molecule has 5 heteroatoms. The van der Waals surface area contributed by atoms with Gasteiger partial charge in [0.2, 0.25) is 5.91 Å². The van der Waals surface area contributed by atoms with Crippen LogP contribution in [0.1, 0.15) is 24.1 Å². The van der Waals surface area contributed by atoms with Crippen molar-refractivity contribution in [1.82, 2.24) is 10.6 Å². The van der Waals surface area contributed by atoms with Gasteiger partial charge in [-0.05, 0) is 48.5 Å². The van der Waals surface area contributed by atoms with Crippen molar-refractivity contribution in [2.24, 2.45) is 0 Å². The van der Waals surface area contributed by atoms with Crippen LogP contribution in [0, 0.1) is 0 Å². The van der Waals surface area contributed by atoms with Crippen molar-refractivity contribution in [3.63, 3.8) is 0 Å². The maximum absolute atomic E-state index is 11.9. The SMILES string of the molecule is COc1ccc(C=CC(=O)NC(=S)NC(C)c2ccccc2)cc1. The lowest BCUT2D eigenvalue weighted by Gasteiger charge is -2.16. The summed E-state index contributed by atoms with van der Waals surface area (Å²) in [4.78, 5) is 11.9. The number of ether oxygens (including phenoxy) is 1. The van der Waals surface area contributed by atoms with Gasteiger partial charge < -0.3 is 10.1 Å². The number of thiocarbonyl (C=S) groups is 1. The fraction of sp³-hybridized carbons (Fsp3) is 0.158. The Hall–Kier alpha value is -2.66. The standard InChI is InChI=1S/C19H20N2O2S/c1-14(16-6-4-3-5-7-16)20-19(24)21-18(22)13-10-15-8-11-17(23-2)12-9-15/h3-14H,1-2H3,(H2,20,21,22,24). The summed E-state index contributed by atoms with van der Waals surface area (Å²) in [7, 11) is 1.61. The van der Waals surface area contributed by atoms with Gasteiger partial charge in [0.25, 0.3) is 0 Å². The van der Waals surface area contributed by atoms with E-state index in [1.165, 1.54) is 6.08 Å². The van der Waals surface area contributed by atoms with E-state index in [1.54, 1.807) is 13.2 Å². The maximum atomic E-state index is 11.9. The van der Waals surface area contributed by atoms with Crippen LogP contribution in [0.25, 0.3) is 6.08 Å². The van der Waals surface area contributed by atoms with E-state index in [9.17, 15) is 4.79 Å². The molecule has 4 nitrogen and oxygen atoms in total. The molecule has 24 heavy (non-hydrogen) atoms. The minimum atomic E-state index is -0.274. The van der Waals surface area contributed by atoms with Crippen molar-refractivity contribution in [2.45, 2.75) is 13.0 Å². The van der Waals surface area contributed by atoms with E-state index < -0.39 is 0 Å². The lowest BCUT2D eigenvalue weighted by Crippen LogP contribution is -2.39. The summed E-state index contributed by atoms with van der Waals surface area (Å²) in [6.45, 7) is 1.99. The van der Waals surface area contributed by atoms with Crippen LogP contribution < -0.4 is 15.4 Å². The molecule has 2 N–H and O–H groups in total. The maximum Gasteiger partial charge on any atom is 0.250 e. The summed E-state index contributed by atoms with van der Waals surface area (Å²) in [5, 5.41) is 6.03. The summed E-state index contributed by atoms with van der Waals surface area (Å²) >= 11 is 5.18. The Labute approximate surface area is 147 Å². The number of hydrogen-bond acceptors (Lipinski definition) is 3. The van der Waals surface area contributed by atoms with Gasteiger partial charge in [-0.1, -0.05) is 42.5 Å². The molecule has 0 radical (unpaired) electrons. The van der Waals surface area contributed by atoms with Gasteiger partial charge in [0, 0.05) is 6.08 Å². The van der Waals surface area contributed by atoms with Crippen molar-refractivity contribution in [1.29, 1.82) is 0 Å². The quantitative estimate of drug-likeness (QED) is 0.646. The molecule has 0 saturated heterocycles.